The molecule has 0 aromatic heterocycles. The van der Waals surface area contributed by atoms with Gasteiger partial charge in [-0.3, -0.25) is 19.4 Å². The normalized spacial score (nSPS) is 19.3. The van der Waals surface area contributed by atoms with Gasteiger partial charge in [0.2, 0.25) is 5.91 Å². The van der Waals surface area contributed by atoms with Gasteiger partial charge in [-0.15, -0.1) is 0 Å². The Morgan fingerprint density at radius 3 is 2.36 bits per heavy atom. The molecule has 0 spiro atoms. The number of nitrogens with one attached hydrogen (secondary N) is 1. The van der Waals surface area contributed by atoms with E-state index >= 15 is 0 Å². The van der Waals surface area contributed by atoms with Gasteiger partial charge in [0.25, 0.3) is 5.91 Å². The van der Waals surface area contributed by atoms with Crippen molar-refractivity contribution in [2.75, 3.05) is 52.4 Å². The Morgan fingerprint density at radius 2 is 1.53 bits per heavy atom. The van der Waals surface area contributed by atoms with E-state index in [-0.39, 0.29) is 17.7 Å². The molecule has 1 atom stereocenters. The van der Waals surface area contributed by atoms with Gasteiger partial charge in [-0.05, 0) is 35.2 Å². The Morgan fingerprint density at radius 1 is 0.806 bits per heavy atom. The SMILES string of the molecule is O=C(NCCN1CCN(Cc2ccccc2)CC1)C1CCCN(C(=O)c2cccc3ccccc23)C1. The van der Waals surface area contributed by atoms with Gasteiger partial charge in [0.05, 0.1) is 5.92 Å². The number of piperidine rings is 1. The van der Waals surface area contributed by atoms with Gasteiger partial charge in [0.1, 0.15) is 0 Å². The van der Waals surface area contributed by atoms with E-state index in [4.69, 9.17) is 0 Å². The summed E-state index contributed by atoms with van der Waals surface area (Å²) < 4.78 is 0. The highest BCUT2D eigenvalue weighted by atomic mass is 16.2. The zero-order chi connectivity index (χ0) is 24.7. The maximum atomic E-state index is 13.3. The molecule has 3 aromatic carbocycles. The van der Waals surface area contributed by atoms with Crippen LogP contribution in [0.25, 0.3) is 10.8 Å². The van der Waals surface area contributed by atoms with E-state index in [0.29, 0.717) is 19.6 Å². The zero-order valence-corrected chi connectivity index (χ0v) is 20.9. The van der Waals surface area contributed by atoms with E-state index in [1.165, 1.54) is 5.56 Å². The zero-order valence-electron chi connectivity index (χ0n) is 20.9. The Hall–Kier alpha value is -3.22. The van der Waals surface area contributed by atoms with Crippen LogP contribution in [0.15, 0.2) is 72.8 Å². The number of fused-ring (bicyclic) bond motifs is 1. The number of amides is 2. The second-order valence-electron chi connectivity index (χ2n) is 10.0. The highest BCUT2D eigenvalue weighted by Gasteiger charge is 2.29. The number of piperazine rings is 1. The smallest absolute Gasteiger partial charge is 0.254 e. The number of hydrogen-bond donors (Lipinski definition) is 1. The molecule has 0 aliphatic carbocycles. The summed E-state index contributed by atoms with van der Waals surface area (Å²) in [4.78, 5) is 33.1. The van der Waals surface area contributed by atoms with E-state index in [0.717, 1.165) is 68.4 Å². The maximum Gasteiger partial charge on any atom is 0.254 e. The highest BCUT2D eigenvalue weighted by Crippen LogP contribution is 2.23. The lowest BCUT2D eigenvalue weighted by Crippen LogP contribution is -2.49. The molecule has 2 fully saturated rings. The van der Waals surface area contributed by atoms with Crippen LogP contribution < -0.4 is 5.32 Å². The standard InChI is InChI=1S/C30H36N4O2/c35-29(31-15-17-32-18-20-33(21-19-32)22-24-8-2-1-3-9-24)26-12-7-16-34(23-26)30(36)28-14-6-11-25-10-4-5-13-27(25)28/h1-6,8-11,13-14,26H,7,12,15-23H2,(H,31,35). The molecule has 1 N–H and O–H groups in total. The molecule has 2 heterocycles. The van der Waals surface area contributed by atoms with Crippen LogP contribution in [0.3, 0.4) is 0 Å². The first-order valence-corrected chi connectivity index (χ1v) is 13.2. The summed E-state index contributed by atoms with van der Waals surface area (Å²) in [6.45, 7) is 7.89. The van der Waals surface area contributed by atoms with Gasteiger partial charge >= 0.3 is 0 Å². The Labute approximate surface area is 213 Å². The van der Waals surface area contributed by atoms with Crippen molar-refractivity contribution in [3.05, 3.63) is 83.9 Å². The van der Waals surface area contributed by atoms with Crippen molar-refractivity contribution in [3.63, 3.8) is 0 Å². The van der Waals surface area contributed by atoms with Crippen molar-refractivity contribution in [1.82, 2.24) is 20.0 Å². The molecule has 3 aromatic rings. The average Bonchev–Trinajstić information content (AvgIpc) is 2.94. The van der Waals surface area contributed by atoms with Crippen LogP contribution in [-0.4, -0.2) is 78.9 Å². The molecule has 0 bridgehead atoms. The van der Waals surface area contributed by atoms with Gasteiger partial charge in [0, 0.05) is 64.5 Å². The second-order valence-corrected chi connectivity index (χ2v) is 10.0. The monoisotopic (exact) mass is 484 g/mol. The molecule has 2 saturated heterocycles. The largest absolute Gasteiger partial charge is 0.355 e. The molecule has 0 radical (unpaired) electrons. The molecule has 2 aliphatic heterocycles. The first-order chi connectivity index (χ1) is 17.7. The van der Waals surface area contributed by atoms with E-state index in [1.54, 1.807) is 0 Å². The van der Waals surface area contributed by atoms with Crippen LogP contribution in [-0.2, 0) is 11.3 Å². The Bertz CT molecular complexity index is 1170. The average molecular weight is 485 g/mol. The third-order valence-electron chi connectivity index (χ3n) is 7.54. The predicted octanol–water partition coefficient (Wildman–Crippen LogP) is 3.63. The number of carbonyl (C=O) groups excluding carboxylic acids is 2. The minimum atomic E-state index is -0.139. The topological polar surface area (TPSA) is 55.9 Å². The third-order valence-corrected chi connectivity index (χ3v) is 7.54. The molecule has 1 unspecified atom stereocenters. The van der Waals surface area contributed by atoms with E-state index < -0.39 is 0 Å². The fourth-order valence-electron chi connectivity index (χ4n) is 5.45. The maximum absolute atomic E-state index is 13.3. The Balaban J connectivity index is 1.07. The van der Waals surface area contributed by atoms with Crippen LogP contribution in [0.4, 0.5) is 0 Å². The summed E-state index contributed by atoms with van der Waals surface area (Å²) in [6, 6.07) is 24.5. The van der Waals surface area contributed by atoms with Gasteiger partial charge < -0.3 is 10.2 Å². The summed E-state index contributed by atoms with van der Waals surface area (Å²) in [5.41, 5.74) is 2.08. The van der Waals surface area contributed by atoms with Crippen molar-refractivity contribution >= 4 is 22.6 Å². The number of carbonyl (C=O) groups is 2. The van der Waals surface area contributed by atoms with Crippen molar-refractivity contribution in [2.45, 2.75) is 19.4 Å². The van der Waals surface area contributed by atoms with Gasteiger partial charge in [-0.2, -0.15) is 0 Å². The summed E-state index contributed by atoms with van der Waals surface area (Å²) in [5.74, 6) is -0.0359. The molecule has 0 saturated carbocycles. The van der Waals surface area contributed by atoms with Crippen molar-refractivity contribution < 1.29 is 9.59 Å². The van der Waals surface area contributed by atoms with Crippen LogP contribution >= 0.6 is 0 Å². The molecule has 36 heavy (non-hydrogen) atoms. The number of likely N-dealkylation sites (tertiary alicyclic amines) is 1. The summed E-state index contributed by atoms with van der Waals surface area (Å²) >= 11 is 0. The van der Waals surface area contributed by atoms with Crippen LogP contribution in [0.1, 0.15) is 28.8 Å². The Kier molecular flexibility index (Phi) is 7.94. The van der Waals surface area contributed by atoms with Gasteiger partial charge in [-0.25, -0.2) is 0 Å². The molecule has 2 amide bonds. The van der Waals surface area contributed by atoms with Crippen molar-refractivity contribution in [1.29, 1.82) is 0 Å². The lowest BCUT2D eigenvalue weighted by molar-refractivity contribution is -0.126. The van der Waals surface area contributed by atoms with E-state index in [9.17, 15) is 9.59 Å². The number of nitrogens with zero attached hydrogens (tertiary/aromatic N) is 3. The second kappa shape index (κ2) is 11.7. The molecule has 188 valence electrons. The molecular formula is C30H36N4O2. The minimum Gasteiger partial charge on any atom is -0.355 e. The van der Waals surface area contributed by atoms with Crippen LogP contribution in [0, 0.1) is 5.92 Å². The lowest BCUT2D eigenvalue weighted by Gasteiger charge is -2.35. The highest BCUT2D eigenvalue weighted by molar-refractivity contribution is 6.07. The first kappa shape index (κ1) is 24.5. The summed E-state index contributed by atoms with van der Waals surface area (Å²) in [6.07, 6.45) is 1.70. The number of hydrogen-bond acceptors (Lipinski definition) is 4. The molecule has 6 nitrogen and oxygen atoms in total. The van der Waals surface area contributed by atoms with Gasteiger partial charge in [-0.1, -0.05) is 66.7 Å². The van der Waals surface area contributed by atoms with Crippen LogP contribution in [0.5, 0.6) is 0 Å². The van der Waals surface area contributed by atoms with E-state index in [1.807, 2.05) is 47.4 Å². The predicted molar refractivity (Wildman–Crippen MR) is 144 cm³/mol. The number of benzene rings is 3. The fourth-order valence-corrected chi connectivity index (χ4v) is 5.45. The van der Waals surface area contributed by atoms with E-state index in [2.05, 4.69) is 45.4 Å². The number of rotatable bonds is 7. The third kappa shape index (κ3) is 5.94. The lowest BCUT2D eigenvalue weighted by atomic mass is 9.95. The molecule has 6 heteroatoms. The molecular weight excluding hydrogens is 448 g/mol. The van der Waals surface area contributed by atoms with Crippen LogP contribution in [0.2, 0.25) is 0 Å². The summed E-state index contributed by atoms with van der Waals surface area (Å²) in [5, 5.41) is 5.19. The molecule has 2 aliphatic rings. The van der Waals surface area contributed by atoms with Crippen molar-refractivity contribution in [3.8, 4) is 0 Å². The fraction of sp³-hybridized carbons (Fsp3) is 0.400. The quantitative estimate of drug-likeness (QED) is 0.557. The first-order valence-electron chi connectivity index (χ1n) is 13.2. The molecule has 5 rings (SSSR count). The minimum absolute atomic E-state index is 0.0256. The van der Waals surface area contributed by atoms with Crippen molar-refractivity contribution in [2.24, 2.45) is 5.92 Å². The van der Waals surface area contributed by atoms with Gasteiger partial charge in [0.15, 0.2) is 0 Å². The summed E-state index contributed by atoms with van der Waals surface area (Å²) in [7, 11) is 0.